The van der Waals surface area contributed by atoms with Gasteiger partial charge in [-0.05, 0) is 54.8 Å². The van der Waals surface area contributed by atoms with Crippen LogP contribution in [0.2, 0.25) is 5.02 Å². The molecule has 1 saturated carbocycles. The zero-order valence-corrected chi connectivity index (χ0v) is 28.3. The highest BCUT2D eigenvalue weighted by atomic mass is 35.5. The summed E-state index contributed by atoms with van der Waals surface area (Å²) in [5.74, 6) is -1.28. The van der Waals surface area contributed by atoms with Crippen molar-refractivity contribution in [1.29, 1.82) is 0 Å². The van der Waals surface area contributed by atoms with Crippen molar-refractivity contribution in [1.82, 2.24) is 10.2 Å². The summed E-state index contributed by atoms with van der Waals surface area (Å²) in [4.78, 5) is 30.0. The molecular formula is C37H39ClFN3O5S. The topological polar surface area (TPSA) is 96.0 Å². The smallest absolute Gasteiger partial charge is 0.264 e. The second kappa shape index (κ2) is 16.1. The summed E-state index contributed by atoms with van der Waals surface area (Å²) in [5, 5.41) is 3.29. The van der Waals surface area contributed by atoms with Gasteiger partial charge in [-0.15, -0.1) is 0 Å². The Morgan fingerprint density at radius 1 is 0.917 bits per heavy atom. The van der Waals surface area contributed by atoms with E-state index in [1.807, 2.05) is 30.3 Å². The minimum atomic E-state index is -4.32. The van der Waals surface area contributed by atoms with Crippen molar-refractivity contribution in [2.75, 3.05) is 18.0 Å². The van der Waals surface area contributed by atoms with Crippen LogP contribution in [-0.4, -0.2) is 50.9 Å². The molecule has 0 spiro atoms. The van der Waals surface area contributed by atoms with Gasteiger partial charge in [0.2, 0.25) is 11.8 Å². The van der Waals surface area contributed by atoms with Crippen LogP contribution in [0.4, 0.5) is 10.1 Å². The monoisotopic (exact) mass is 691 g/mol. The van der Waals surface area contributed by atoms with Gasteiger partial charge in [-0.3, -0.25) is 13.9 Å². The van der Waals surface area contributed by atoms with Gasteiger partial charge in [0.1, 0.15) is 24.2 Å². The summed E-state index contributed by atoms with van der Waals surface area (Å²) in [5.41, 5.74) is 1.11. The summed E-state index contributed by atoms with van der Waals surface area (Å²) in [7, 11) is -2.88. The van der Waals surface area contributed by atoms with Crippen LogP contribution in [0.5, 0.6) is 5.75 Å². The number of sulfonamides is 1. The van der Waals surface area contributed by atoms with E-state index in [0.717, 1.165) is 42.0 Å². The predicted molar refractivity (Wildman–Crippen MR) is 185 cm³/mol. The van der Waals surface area contributed by atoms with Crippen LogP contribution >= 0.6 is 11.6 Å². The number of benzene rings is 4. The lowest BCUT2D eigenvalue weighted by Gasteiger charge is -2.35. The molecule has 4 aromatic rings. The quantitative estimate of drug-likeness (QED) is 0.167. The van der Waals surface area contributed by atoms with Crippen LogP contribution in [0.15, 0.2) is 108 Å². The van der Waals surface area contributed by atoms with Crippen molar-refractivity contribution in [2.45, 2.75) is 62.0 Å². The maximum Gasteiger partial charge on any atom is 0.264 e. The van der Waals surface area contributed by atoms with E-state index in [1.54, 1.807) is 36.4 Å². The molecule has 2 amide bonds. The molecule has 0 radical (unpaired) electrons. The number of amides is 2. The van der Waals surface area contributed by atoms with Crippen molar-refractivity contribution in [3.8, 4) is 5.75 Å². The molecule has 0 saturated heterocycles. The third kappa shape index (κ3) is 8.54. The van der Waals surface area contributed by atoms with Crippen molar-refractivity contribution < 1.29 is 27.1 Å². The zero-order chi connectivity index (χ0) is 34.1. The highest BCUT2D eigenvalue weighted by molar-refractivity contribution is 7.92. The molecule has 11 heteroatoms. The molecule has 0 aromatic heterocycles. The van der Waals surface area contributed by atoms with E-state index >= 15 is 4.39 Å². The molecule has 1 N–H and O–H groups in total. The molecule has 5 rings (SSSR count). The highest BCUT2D eigenvalue weighted by Crippen LogP contribution is 2.32. The van der Waals surface area contributed by atoms with Crippen LogP contribution < -0.4 is 14.4 Å². The van der Waals surface area contributed by atoms with Gasteiger partial charge in [0.05, 0.1) is 22.7 Å². The molecule has 1 aliphatic rings. The fourth-order valence-electron chi connectivity index (χ4n) is 5.97. The number of ether oxygens (including phenoxy) is 1. The number of hydrogen-bond donors (Lipinski definition) is 1. The van der Waals surface area contributed by atoms with Gasteiger partial charge < -0.3 is 15.0 Å². The van der Waals surface area contributed by atoms with Crippen molar-refractivity contribution in [3.05, 3.63) is 125 Å². The first kappa shape index (κ1) is 34.9. The average molecular weight is 692 g/mol. The van der Waals surface area contributed by atoms with E-state index in [1.165, 1.54) is 48.4 Å². The molecule has 0 unspecified atom stereocenters. The number of rotatable bonds is 13. The van der Waals surface area contributed by atoms with Gasteiger partial charge in [0, 0.05) is 24.6 Å². The Labute approximate surface area is 286 Å². The molecule has 4 aromatic carbocycles. The van der Waals surface area contributed by atoms with E-state index in [-0.39, 0.29) is 46.1 Å². The van der Waals surface area contributed by atoms with Crippen LogP contribution in [-0.2, 0) is 32.6 Å². The number of nitrogens with one attached hydrogen (secondary N) is 1. The number of carbonyl (C=O) groups is 2. The number of methoxy groups -OCH3 is 1. The van der Waals surface area contributed by atoms with Crippen LogP contribution in [0, 0.1) is 5.82 Å². The highest BCUT2D eigenvalue weighted by Gasteiger charge is 2.36. The maximum atomic E-state index is 15.2. The molecule has 1 atom stereocenters. The molecule has 1 aliphatic carbocycles. The Kier molecular flexibility index (Phi) is 11.7. The Balaban J connectivity index is 1.58. The largest absolute Gasteiger partial charge is 0.495 e. The first-order valence-electron chi connectivity index (χ1n) is 16.0. The average Bonchev–Trinajstić information content (AvgIpc) is 3.10. The second-order valence-corrected chi connectivity index (χ2v) is 14.1. The summed E-state index contributed by atoms with van der Waals surface area (Å²) >= 11 is 6.43. The Morgan fingerprint density at radius 2 is 1.56 bits per heavy atom. The van der Waals surface area contributed by atoms with Gasteiger partial charge in [-0.1, -0.05) is 97.6 Å². The van der Waals surface area contributed by atoms with E-state index in [2.05, 4.69) is 5.32 Å². The zero-order valence-electron chi connectivity index (χ0n) is 26.7. The first-order valence-corrected chi connectivity index (χ1v) is 17.8. The minimum absolute atomic E-state index is 0.0405. The minimum Gasteiger partial charge on any atom is -0.495 e. The summed E-state index contributed by atoms with van der Waals surface area (Å²) in [6, 6.07) is 26.3. The molecule has 0 heterocycles. The molecule has 252 valence electrons. The number of carbonyl (C=O) groups excluding carboxylic acids is 2. The lowest BCUT2D eigenvalue weighted by molar-refractivity contribution is -0.140. The molecule has 8 nitrogen and oxygen atoms in total. The Bertz CT molecular complexity index is 1800. The molecular weight excluding hydrogens is 653 g/mol. The summed E-state index contributed by atoms with van der Waals surface area (Å²) in [6.07, 6.45) is 4.86. The summed E-state index contributed by atoms with van der Waals surface area (Å²) < 4.78 is 49.7. The van der Waals surface area contributed by atoms with Crippen molar-refractivity contribution in [2.24, 2.45) is 0 Å². The second-order valence-electron chi connectivity index (χ2n) is 11.8. The summed E-state index contributed by atoms with van der Waals surface area (Å²) in [6.45, 7) is -0.944. The van der Waals surface area contributed by atoms with E-state index < -0.39 is 34.3 Å². The lowest BCUT2D eigenvalue weighted by Crippen LogP contribution is -2.55. The number of hydrogen-bond acceptors (Lipinski definition) is 5. The molecule has 0 bridgehead atoms. The lowest BCUT2D eigenvalue weighted by atomic mass is 9.94. The third-order valence-electron chi connectivity index (χ3n) is 8.55. The molecule has 0 aliphatic heterocycles. The van der Waals surface area contributed by atoms with E-state index in [4.69, 9.17) is 16.3 Å². The van der Waals surface area contributed by atoms with Crippen molar-refractivity contribution in [3.63, 3.8) is 0 Å². The number of nitrogens with zero attached hydrogens (tertiary/aromatic N) is 2. The first-order chi connectivity index (χ1) is 23.2. The van der Waals surface area contributed by atoms with E-state index in [0.29, 0.717) is 5.75 Å². The van der Waals surface area contributed by atoms with Gasteiger partial charge >= 0.3 is 0 Å². The Hall–Kier alpha value is -4.41. The number of anilines is 1. The molecule has 1 fully saturated rings. The Morgan fingerprint density at radius 3 is 2.21 bits per heavy atom. The van der Waals surface area contributed by atoms with Gasteiger partial charge in [-0.2, -0.15) is 0 Å². The maximum absolute atomic E-state index is 15.2. The molecule has 48 heavy (non-hydrogen) atoms. The van der Waals surface area contributed by atoms with Gasteiger partial charge in [0.25, 0.3) is 10.0 Å². The fourth-order valence-corrected chi connectivity index (χ4v) is 7.65. The van der Waals surface area contributed by atoms with Gasteiger partial charge in [-0.25, -0.2) is 12.8 Å². The predicted octanol–water partition coefficient (Wildman–Crippen LogP) is 6.77. The standard InChI is InChI=1S/C37H39ClFN3O5S/c1-47-35-22-21-30(24-32(35)38)42(48(45,46)31-18-9-4-10-19-31)26-36(43)41(25-28-15-11-12-20-33(28)39)34(23-27-13-5-2-6-14-27)37(44)40-29-16-7-3-8-17-29/h2,4-6,9-15,18-22,24,29,34H,3,7-8,16-17,23,25-26H2,1H3,(H,40,44)/t34-/m0/s1. The van der Waals surface area contributed by atoms with E-state index in [9.17, 15) is 18.0 Å². The SMILES string of the molecule is COc1ccc(N(CC(=O)N(Cc2ccccc2F)[C@@H](Cc2ccccc2)C(=O)NC2CCCCC2)S(=O)(=O)c2ccccc2)cc1Cl. The van der Waals surface area contributed by atoms with Crippen LogP contribution in [0.25, 0.3) is 0 Å². The number of halogens is 2. The third-order valence-corrected chi connectivity index (χ3v) is 10.6. The van der Waals surface area contributed by atoms with Gasteiger partial charge in [0.15, 0.2) is 0 Å². The van der Waals surface area contributed by atoms with Crippen LogP contribution in [0.1, 0.15) is 43.2 Å². The normalized spacial score (nSPS) is 14.1. The fraction of sp³-hybridized carbons (Fsp3) is 0.297. The van der Waals surface area contributed by atoms with Crippen molar-refractivity contribution >= 4 is 39.1 Å². The van der Waals surface area contributed by atoms with Crippen LogP contribution in [0.3, 0.4) is 0 Å².